The molecule has 2 nitrogen and oxygen atoms in total. The Labute approximate surface area is 154 Å². The van der Waals surface area contributed by atoms with E-state index in [0.717, 1.165) is 16.8 Å². The van der Waals surface area contributed by atoms with Crippen molar-refractivity contribution in [2.75, 3.05) is 4.90 Å². The van der Waals surface area contributed by atoms with Gasteiger partial charge in [-0.3, -0.25) is 4.79 Å². The number of nitrogens with zero attached hydrogens (tertiary/aromatic N) is 1. The van der Waals surface area contributed by atoms with Crippen molar-refractivity contribution in [1.29, 1.82) is 0 Å². The zero-order valence-electron chi connectivity index (χ0n) is 13.8. The van der Waals surface area contributed by atoms with Gasteiger partial charge in [-0.1, -0.05) is 42.4 Å². The summed E-state index contributed by atoms with van der Waals surface area (Å²) in [5.41, 5.74) is 3.57. The second-order valence-corrected chi connectivity index (χ2v) is 5.68. The van der Waals surface area contributed by atoms with Gasteiger partial charge >= 0.3 is 0 Å². The Morgan fingerprint density at radius 1 is 1.12 bits per heavy atom. The Hall–Kier alpha value is -2.03. The number of alkyl halides is 1. The predicted molar refractivity (Wildman–Crippen MR) is 105 cm³/mol. The van der Waals surface area contributed by atoms with E-state index in [9.17, 15) is 4.79 Å². The summed E-state index contributed by atoms with van der Waals surface area (Å²) >= 11 is 11.8. The lowest BCUT2D eigenvalue weighted by Gasteiger charge is -2.23. The van der Waals surface area contributed by atoms with E-state index in [1.165, 1.54) is 6.92 Å². The molecule has 0 aliphatic rings. The quantitative estimate of drug-likeness (QED) is 0.345. The molecular formula is C20H21Cl2NO. The summed E-state index contributed by atoms with van der Waals surface area (Å²) in [7, 11) is 0. The third-order valence-electron chi connectivity index (χ3n) is 3.40. The number of Topliss-reactive ketones (excluding diaryl/α,β-unsaturated/α-hetero) is 1. The fourth-order valence-electron chi connectivity index (χ4n) is 2.22. The van der Waals surface area contributed by atoms with Crippen LogP contribution < -0.4 is 4.90 Å². The molecule has 0 fully saturated rings. The molecule has 2 aromatic rings. The summed E-state index contributed by atoms with van der Waals surface area (Å²) in [4.78, 5) is 13.8. The number of rotatable bonds is 6. The molecule has 0 spiro atoms. The van der Waals surface area contributed by atoms with Crippen molar-refractivity contribution < 1.29 is 4.79 Å². The van der Waals surface area contributed by atoms with Crippen LogP contribution in [0, 0.1) is 0 Å². The average molecular weight is 362 g/mol. The molecule has 0 N–H and O–H groups in total. The fourth-order valence-corrected chi connectivity index (χ4v) is 2.57. The van der Waals surface area contributed by atoms with Gasteiger partial charge in [-0.2, -0.15) is 0 Å². The monoisotopic (exact) mass is 361 g/mol. The SMILES string of the molecule is C=C.C=CN(Cc1ccc(CCl)cc1)c1ccc(Cl)cc1C(C)=O. The van der Waals surface area contributed by atoms with Crippen molar-refractivity contribution >= 4 is 34.7 Å². The fraction of sp³-hybridized carbons (Fsp3) is 0.150. The highest BCUT2D eigenvalue weighted by Crippen LogP contribution is 2.26. The first kappa shape index (κ1) is 20.0. The maximum atomic E-state index is 11.8. The molecule has 0 aromatic heterocycles. The number of hydrogen-bond donors (Lipinski definition) is 0. The molecule has 0 bridgehead atoms. The highest BCUT2D eigenvalue weighted by atomic mass is 35.5. The minimum absolute atomic E-state index is 0.0261. The first-order chi connectivity index (χ1) is 11.5. The molecule has 4 heteroatoms. The minimum Gasteiger partial charge on any atom is -0.344 e. The van der Waals surface area contributed by atoms with Crippen molar-refractivity contribution in [3.05, 3.63) is 90.1 Å². The van der Waals surface area contributed by atoms with Gasteiger partial charge in [0.05, 0.1) is 5.69 Å². The highest BCUT2D eigenvalue weighted by molar-refractivity contribution is 6.31. The van der Waals surface area contributed by atoms with Gasteiger partial charge in [0, 0.05) is 23.0 Å². The van der Waals surface area contributed by atoms with Gasteiger partial charge in [0.1, 0.15) is 0 Å². The molecule has 2 aromatic carbocycles. The first-order valence-electron chi connectivity index (χ1n) is 7.38. The third-order valence-corrected chi connectivity index (χ3v) is 3.94. The molecule has 0 heterocycles. The van der Waals surface area contributed by atoms with Crippen LogP contribution in [-0.2, 0) is 12.4 Å². The normalized spacial score (nSPS) is 9.62. The molecule has 0 saturated heterocycles. The van der Waals surface area contributed by atoms with Crippen LogP contribution in [0.25, 0.3) is 0 Å². The number of halogens is 2. The van der Waals surface area contributed by atoms with E-state index in [-0.39, 0.29) is 5.78 Å². The summed E-state index contributed by atoms with van der Waals surface area (Å²) in [6.45, 7) is 12.0. The van der Waals surface area contributed by atoms with Crippen molar-refractivity contribution in [3.8, 4) is 0 Å². The van der Waals surface area contributed by atoms with Gasteiger partial charge in [0.25, 0.3) is 0 Å². The molecule has 24 heavy (non-hydrogen) atoms. The van der Waals surface area contributed by atoms with Gasteiger partial charge in [-0.25, -0.2) is 0 Å². The van der Waals surface area contributed by atoms with Crippen molar-refractivity contribution in [3.63, 3.8) is 0 Å². The van der Waals surface area contributed by atoms with Crippen LogP contribution in [0.4, 0.5) is 5.69 Å². The van der Waals surface area contributed by atoms with Crippen LogP contribution in [0.5, 0.6) is 0 Å². The predicted octanol–water partition coefficient (Wildman–Crippen LogP) is 6.23. The number of hydrogen-bond acceptors (Lipinski definition) is 2. The van der Waals surface area contributed by atoms with E-state index in [4.69, 9.17) is 23.2 Å². The lowest BCUT2D eigenvalue weighted by molar-refractivity contribution is 0.101. The third kappa shape index (κ3) is 5.26. The van der Waals surface area contributed by atoms with Crippen molar-refractivity contribution in [1.82, 2.24) is 0 Å². The molecule has 0 radical (unpaired) electrons. The number of benzene rings is 2. The second-order valence-electron chi connectivity index (χ2n) is 4.98. The maximum absolute atomic E-state index is 11.8. The maximum Gasteiger partial charge on any atom is 0.161 e. The standard InChI is InChI=1S/C18H17Cl2NO.C2H4/c1-3-21(12-15-6-4-14(11-19)5-7-15)18-9-8-16(20)10-17(18)13(2)22;1-2/h3-10H,1,11-12H2,2H3;1-2H2. The van der Waals surface area contributed by atoms with Gasteiger partial charge in [-0.15, -0.1) is 24.8 Å². The van der Waals surface area contributed by atoms with E-state index in [0.29, 0.717) is 23.0 Å². The molecule has 2 rings (SSSR count). The van der Waals surface area contributed by atoms with Crippen molar-refractivity contribution in [2.45, 2.75) is 19.3 Å². The topological polar surface area (TPSA) is 20.3 Å². The van der Waals surface area contributed by atoms with Gasteiger partial charge < -0.3 is 4.90 Å². The van der Waals surface area contributed by atoms with E-state index < -0.39 is 0 Å². The Morgan fingerprint density at radius 2 is 1.71 bits per heavy atom. The molecular weight excluding hydrogens is 341 g/mol. The Balaban J connectivity index is 0.00000139. The van der Waals surface area contributed by atoms with Crippen LogP contribution in [0.1, 0.15) is 28.4 Å². The van der Waals surface area contributed by atoms with Gasteiger partial charge in [-0.05, 0) is 42.4 Å². The van der Waals surface area contributed by atoms with Gasteiger partial charge in [0.2, 0.25) is 0 Å². The summed E-state index contributed by atoms with van der Waals surface area (Å²) in [5.74, 6) is 0.471. The van der Waals surface area contributed by atoms with Crippen LogP contribution in [0.2, 0.25) is 5.02 Å². The van der Waals surface area contributed by atoms with E-state index >= 15 is 0 Å². The lowest BCUT2D eigenvalue weighted by Crippen LogP contribution is -2.17. The van der Waals surface area contributed by atoms with Crippen LogP contribution in [0.3, 0.4) is 0 Å². The Bertz CT molecular complexity index is 695. The largest absolute Gasteiger partial charge is 0.344 e. The molecule has 0 unspecified atom stereocenters. The molecule has 0 saturated carbocycles. The molecule has 126 valence electrons. The zero-order valence-corrected chi connectivity index (χ0v) is 15.3. The lowest BCUT2D eigenvalue weighted by atomic mass is 10.1. The summed E-state index contributed by atoms with van der Waals surface area (Å²) < 4.78 is 0. The van der Waals surface area contributed by atoms with E-state index in [2.05, 4.69) is 19.7 Å². The Morgan fingerprint density at radius 3 is 2.21 bits per heavy atom. The zero-order chi connectivity index (χ0) is 18.1. The average Bonchev–Trinajstić information content (AvgIpc) is 2.62. The number of anilines is 1. The molecule has 0 aliphatic heterocycles. The smallest absolute Gasteiger partial charge is 0.161 e. The molecule has 0 aliphatic carbocycles. The molecule has 0 amide bonds. The van der Waals surface area contributed by atoms with Crippen molar-refractivity contribution in [2.24, 2.45) is 0 Å². The highest BCUT2D eigenvalue weighted by Gasteiger charge is 2.13. The van der Waals surface area contributed by atoms with E-state index in [1.54, 1.807) is 18.3 Å². The Kier molecular flexibility index (Phi) is 8.31. The summed E-state index contributed by atoms with van der Waals surface area (Å²) in [6, 6.07) is 13.3. The second kappa shape index (κ2) is 9.96. The minimum atomic E-state index is -0.0261. The summed E-state index contributed by atoms with van der Waals surface area (Å²) in [6.07, 6.45) is 1.71. The molecule has 0 atom stereocenters. The number of carbonyl (C=O) groups is 1. The van der Waals surface area contributed by atoms with E-state index in [1.807, 2.05) is 35.2 Å². The number of ketones is 1. The summed E-state index contributed by atoms with van der Waals surface area (Å²) in [5, 5.41) is 0.546. The number of carbonyl (C=O) groups excluding carboxylic acids is 1. The van der Waals surface area contributed by atoms with Gasteiger partial charge in [0.15, 0.2) is 5.78 Å². The van der Waals surface area contributed by atoms with Crippen LogP contribution in [0.15, 0.2) is 68.4 Å². The first-order valence-corrected chi connectivity index (χ1v) is 8.30. The van der Waals surface area contributed by atoms with Crippen LogP contribution in [-0.4, -0.2) is 5.78 Å². The van der Waals surface area contributed by atoms with Crippen LogP contribution >= 0.6 is 23.2 Å².